The summed E-state index contributed by atoms with van der Waals surface area (Å²) in [6.45, 7) is 24.2. The Bertz CT molecular complexity index is 3090. The van der Waals surface area contributed by atoms with E-state index in [1.807, 2.05) is 22.7 Å². The molecule has 0 radical (unpaired) electrons. The van der Waals surface area contributed by atoms with Gasteiger partial charge in [0.25, 0.3) is 0 Å². The van der Waals surface area contributed by atoms with Crippen LogP contribution in [0.3, 0.4) is 0 Å². The van der Waals surface area contributed by atoms with Crippen molar-refractivity contribution in [1.82, 2.24) is 0 Å². The Hall–Kier alpha value is -4.76. The van der Waals surface area contributed by atoms with Crippen LogP contribution in [0.15, 0.2) is 84.9 Å². The van der Waals surface area contributed by atoms with E-state index in [0.29, 0.717) is 23.7 Å². The standard InChI is InChI=1S/C56H50S2/c1-25(2)31-19-35(27(5)6)47-37(21-31)29(9)45-39-23-42-50-46(40(39)24-41-49(45)53(47)51-33-15-11-13-17-43(33)57-55(41)51)30(10)38-22-32(26(3)4)20-36(28(7)8)48(38)54(50)52-34-16-12-14-18-44(34)58-56(42)52/h11-30H,1-10H3. The fraction of sp³-hybridized carbons (Fsp3) is 0.286. The molecule has 4 aliphatic carbocycles. The minimum atomic E-state index is 0.260. The molecule has 2 aromatic heterocycles. The first kappa shape index (κ1) is 35.2. The van der Waals surface area contributed by atoms with Crippen molar-refractivity contribution < 1.29 is 0 Å². The molecule has 286 valence electrons. The lowest BCUT2D eigenvalue weighted by Gasteiger charge is -2.33. The Labute approximate surface area is 350 Å². The van der Waals surface area contributed by atoms with Gasteiger partial charge in [0.1, 0.15) is 0 Å². The highest BCUT2D eigenvalue weighted by Crippen LogP contribution is 2.57. The Morgan fingerprint density at radius 3 is 1.21 bits per heavy atom. The largest absolute Gasteiger partial charge is 0.135 e. The smallest absolute Gasteiger partial charge is 0.0440 e. The molecule has 0 saturated heterocycles. The van der Waals surface area contributed by atoms with Gasteiger partial charge >= 0.3 is 0 Å². The fourth-order valence-electron chi connectivity index (χ4n) is 11.7. The van der Waals surface area contributed by atoms with Crippen molar-refractivity contribution in [2.45, 2.75) is 105 Å². The average molecular weight is 787 g/mol. The van der Waals surface area contributed by atoms with E-state index in [1.54, 1.807) is 11.1 Å². The molecule has 0 spiro atoms. The van der Waals surface area contributed by atoms with Crippen molar-refractivity contribution >= 4 is 64.8 Å². The van der Waals surface area contributed by atoms with Crippen LogP contribution in [0.5, 0.6) is 0 Å². The Morgan fingerprint density at radius 2 is 0.828 bits per heavy atom. The fourth-order valence-corrected chi connectivity index (χ4v) is 14.1. The van der Waals surface area contributed by atoms with E-state index in [9.17, 15) is 0 Å². The maximum atomic E-state index is 2.68. The molecular weight excluding hydrogens is 737 g/mol. The summed E-state index contributed by atoms with van der Waals surface area (Å²) in [7, 11) is 0. The van der Waals surface area contributed by atoms with E-state index >= 15 is 0 Å². The van der Waals surface area contributed by atoms with E-state index in [0.717, 1.165) is 0 Å². The normalized spacial score (nSPS) is 17.0. The summed E-state index contributed by atoms with van der Waals surface area (Å²) < 4.78 is 2.79. The summed E-state index contributed by atoms with van der Waals surface area (Å²) >= 11 is 4.03. The van der Waals surface area contributed by atoms with Crippen molar-refractivity contribution in [3.8, 4) is 20.9 Å². The predicted octanol–water partition coefficient (Wildman–Crippen LogP) is 15.1. The molecule has 0 fully saturated rings. The van der Waals surface area contributed by atoms with Gasteiger partial charge in [-0.05, 0) is 136 Å². The number of hydrogen-bond donors (Lipinski definition) is 0. The second kappa shape index (κ2) is 11.9. The molecule has 0 nitrogen and oxygen atoms in total. The van der Waals surface area contributed by atoms with E-state index in [2.05, 4.69) is 154 Å². The lowest BCUT2D eigenvalue weighted by Crippen LogP contribution is -2.27. The van der Waals surface area contributed by atoms with E-state index < -0.39 is 0 Å². The molecule has 12 rings (SSSR count). The van der Waals surface area contributed by atoms with Crippen LogP contribution in [0.25, 0.3) is 63.0 Å². The summed E-state index contributed by atoms with van der Waals surface area (Å²) in [5, 5.41) is 8.77. The molecule has 2 heterocycles. The van der Waals surface area contributed by atoms with Crippen LogP contribution in [0.2, 0.25) is 0 Å². The Morgan fingerprint density at radius 1 is 0.431 bits per heavy atom. The molecule has 0 saturated carbocycles. The lowest BCUT2D eigenvalue weighted by molar-refractivity contribution is 0.806. The first-order valence-corrected chi connectivity index (χ1v) is 23.4. The van der Waals surface area contributed by atoms with Gasteiger partial charge in [-0.1, -0.05) is 130 Å². The second-order valence-corrected chi connectivity index (χ2v) is 21.2. The highest BCUT2D eigenvalue weighted by molar-refractivity contribution is 7.23. The molecule has 4 aliphatic rings. The molecule has 8 aromatic rings. The van der Waals surface area contributed by atoms with Crippen molar-refractivity contribution in [2.24, 2.45) is 0 Å². The molecule has 0 bridgehead atoms. The SMILES string of the molecule is CC(C)c1cc(C(C)C)c2c(c1)C(C)c1c3c(cc4c5c6c(cc14)-c1sc4ccccc4c1C=6c1c(C(C)C)cc(C(C)C)cc1C5C)-c1sc4ccccc4c1C=32. The van der Waals surface area contributed by atoms with Crippen molar-refractivity contribution in [3.05, 3.63) is 162 Å². The zero-order valence-electron chi connectivity index (χ0n) is 35.4. The van der Waals surface area contributed by atoms with Gasteiger partial charge in [-0.15, -0.1) is 22.7 Å². The summed E-state index contributed by atoms with van der Waals surface area (Å²) in [4.78, 5) is 2.93. The van der Waals surface area contributed by atoms with Gasteiger partial charge in [-0.3, -0.25) is 0 Å². The minimum absolute atomic E-state index is 0.260. The first-order valence-electron chi connectivity index (χ1n) is 21.8. The van der Waals surface area contributed by atoms with Crippen LogP contribution in [-0.2, 0) is 0 Å². The van der Waals surface area contributed by atoms with Crippen LogP contribution in [-0.4, -0.2) is 0 Å². The van der Waals surface area contributed by atoms with E-state index in [4.69, 9.17) is 0 Å². The highest BCUT2D eigenvalue weighted by Gasteiger charge is 2.41. The molecule has 0 N–H and O–H groups in total. The number of thiophene rings is 2. The molecule has 0 aliphatic heterocycles. The molecule has 6 aromatic carbocycles. The lowest BCUT2D eigenvalue weighted by atomic mass is 9.71. The van der Waals surface area contributed by atoms with Gasteiger partial charge in [0.05, 0.1) is 0 Å². The third kappa shape index (κ3) is 4.31. The highest BCUT2D eigenvalue weighted by atomic mass is 32.1. The second-order valence-electron chi connectivity index (χ2n) is 19.1. The summed E-state index contributed by atoms with van der Waals surface area (Å²) in [6.07, 6.45) is 0. The monoisotopic (exact) mass is 786 g/mol. The first-order chi connectivity index (χ1) is 27.9. The quantitative estimate of drug-likeness (QED) is 0.167. The van der Waals surface area contributed by atoms with Crippen LogP contribution < -0.4 is 10.4 Å². The van der Waals surface area contributed by atoms with Crippen LogP contribution in [0, 0.1) is 0 Å². The molecule has 58 heavy (non-hydrogen) atoms. The molecule has 2 unspecified atom stereocenters. The van der Waals surface area contributed by atoms with Gasteiger partial charge in [-0.2, -0.15) is 0 Å². The van der Waals surface area contributed by atoms with Gasteiger partial charge in [0, 0.05) is 64.0 Å². The van der Waals surface area contributed by atoms with E-state index in [1.165, 1.54) is 129 Å². The minimum Gasteiger partial charge on any atom is -0.135 e. The Kier molecular flexibility index (Phi) is 7.24. The third-order valence-corrected chi connectivity index (χ3v) is 16.9. The van der Waals surface area contributed by atoms with Crippen molar-refractivity contribution in [1.29, 1.82) is 0 Å². The molecule has 2 heteroatoms. The van der Waals surface area contributed by atoms with Gasteiger partial charge in [0.2, 0.25) is 0 Å². The molecule has 0 amide bonds. The zero-order valence-corrected chi connectivity index (χ0v) is 37.0. The van der Waals surface area contributed by atoms with Crippen LogP contribution in [0.4, 0.5) is 0 Å². The predicted molar refractivity (Wildman–Crippen MR) is 252 cm³/mol. The number of benzene rings is 6. The third-order valence-electron chi connectivity index (χ3n) is 14.5. The maximum Gasteiger partial charge on any atom is 0.0440 e. The van der Waals surface area contributed by atoms with Crippen molar-refractivity contribution in [2.75, 3.05) is 0 Å². The summed E-state index contributed by atoms with van der Waals surface area (Å²) in [5.74, 6) is 2.29. The average Bonchev–Trinajstić information content (AvgIpc) is 3.94. The van der Waals surface area contributed by atoms with Gasteiger partial charge in [0.15, 0.2) is 0 Å². The molecule has 2 atom stereocenters. The van der Waals surface area contributed by atoms with Crippen LogP contribution in [0.1, 0.15) is 172 Å². The summed E-state index contributed by atoms with van der Waals surface area (Å²) in [6, 6.07) is 34.1. The van der Waals surface area contributed by atoms with E-state index in [-0.39, 0.29) is 11.8 Å². The Balaban J connectivity index is 1.31. The van der Waals surface area contributed by atoms with Crippen molar-refractivity contribution in [3.63, 3.8) is 0 Å². The zero-order chi connectivity index (χ0) is 39.8. The number of rotatable bonds is 4. The van der Waals surface area contributed by atoms with Gasteiger partial charge < -0.3 is 0 Å². The maximum absolute atomic E-state index is 2.68. The van der Waals surface area contributed by atoms with Gasteiger partial charge in [-0.25, -0.2) is 0 Å². The number of fused-ring (bicyclic) bond motifs is 17. The summed E-state index contributed by atoms with van der Waals surface area (Å²) in [5.41, 5.74) is 24.0. The van der Waals surface area contributed by atoms with Crippen LogP contribution >= 0.6 is 22.7 Å². The number of hydrogen-bond acceptors (Lipinski definition) is 2. The molecular formula is C56H50S2. The topological polar surface area (TPSA) is 0 Å².